The zero-order chi connectivity index (χ0) is 13.0. The van der Waals surface area contributed by atoms with Crippen LogP contribution in [0.1, 0.15) is 31.4 Å². The highest BCUT2D eigenvalue weighted by Gasteiger charge is 2.21. The maximum absolute atomic E-state index is 11.0. The van der Waals surface area contributed by atoms with Crippen molar-refractivity contribution in [2.45, 2.75) is 31.8 Å². The number of rotatable bonds is 4. The number of nitrogens with one attached hydrogen (secondary N) is 1. The van der Waals surface area contributed by atoms with Crippen molar-refractivity contribution < 1.29 is 9.66 Å². The van der Waals surface area contributed by atoms with Gasteiger partial charge in [-0.15, -0.1) is 0 Å². The van der Waals surface area contributed by atoms with Gasteiger partial charge >= 0.3 is 0 Å². The molecule has 0 aliphatic carbocycles. The highest BCUT2D eigenvalue weighted by molar-refractivity contribution is 5.41. The molecule has 1 fully saturated rings. The molecule has 0 spiro atoms. The molecule has 1 N–H and O–H groups in total. The Labute approximate surface area is 106 Å². The smallest absolute Gasteiger partial charge is 0.274 e. The summed E-state index contributed by atoms with van der Waals surface area (Å²) in [5.74, 6) is 0. The summed E-state index contributed by atoms with van der Waals surface area (Å²) >= 11 is 0. The zero-order valence-electron chi connectivity index (χ0n) is 10.5. The minimum absolute atomic E-state index is 0.0432. The zero-order valence-corrected chi connectivity index (χ0v) is 10.5. The van der Waals surface area contributed by atoms with E-state index in [9.17, 15) is 10.1 Å². The Morgan fingerprint density at radius 3 is 2.94 bits per heavy atom. The largest absolute Gasteiger partial charge is 0.380 e. The van der Waals surface area contributed by atoms with Crippen LogP contribution in [0.15, 0.2) is 24.3 Å². The average Bonchev–Trinajstić information content (AvgIpc) is 2.40. The first-order valence-electron chi connectivity index (χ1n) is 6.25. The third-order valence-electron chi connectivity index (χ3n) is 3.25. The lowest BCUT2D eigenvalue weighted by Gasteiger charge is -2.26. The Kier molecular flexibility index (Phi) is 4.28. The third kappa shape index (κ3) is 3.05. The molecule has 18 heavy (non-hydrogen) atoms. The van der Waals surface area contributed by atoms with Crippen LogP contribution in [-0.4, -0.2) is 24.2 Å². The lowest BCUT2D eigenvalue weighted by atomic mass is 10.0. The van der Waals surface area contributed by atoms with Gasteiger partial charge < -0.3 is 10.1 Å². The number of hydrogen-bond acceptors (Lipinski definition) is 4. The number of benzene rings is 1. The Morgan fingerprint density at radius 2 is 2.28 bits per heavy atom. The van der Waals surface area contributed by atoms with E-state index in [1.165, 1.54) is 0 Å². The third-order valence-corrected chi connectivity index (χ3v) is 3.25. The second kappa shape index (κ2) is 5.93. The number of ether oxygens (including phenoxy) is 1. The van der Waals surface area contributed by atoms with Gasteiger partial charge in [0.1, 0.15) is 0 Å². The molecule has 1 heterocycles. The molecule has 1 saturated heterocycles. The Morgan fingerprint density at radius 1 is 1.50 bits per heavy atom. The predicted molar refractivity (Wildman–Crippen MR) is 68.5 cm³/mol. The van der Waals surface area contributed by atoms with Gasteiger partial charge in [0.25, 0.3) is 5.69 Å². The molecule has 0 amide bonds. The number of nitrogens with zero attached hydrogens (tertiary/aromatic N) is 1. The lowest BCUT2D eigenvalue weighted by molar-refractivity contribution is -0.385. The van der Waals surface area contributed by atoms with Crippen molar-refractivity contribution in [3.8, 4) is 0 Å². The molecule has 0 saturated carbocycles. The van der Waals surface area contributed by atoms with E-state index in [1.807, 2.05) is 13.0 Å². The molecule has 1 aromatic carbocycles. The molecule has 5 heteroatoms. The van der Waals surface area contributed by atoms with E-state index in [1.54, 1.807) is 18.2 Å². The summed E-state index contributed by atoms with van der Waals surface area (Å²) in [6.07, 6.45) is 2.10. The standard InChI is InChI=1S/C13H18N2O3/c1-10(14-11-5-4-8-18-9-11)12-6-2-3-7-13(12)15(16)17/h2-3,6-7,10-11,14H,4-5,8-9H2,1H3. The monoisotopic (exact) mass is 250 g/mol. The van der Waals surface area contributed by atoms with Crippen LogP contribution in [-0.2, 0) is 4.74 Å². The van der Waals surface area contributed by atoms with Crippen molar-refractivity contribution in [2.24, 2.45) is 0 Å². The first-order valence-corrected chi connectivity index (χ1v) is 6.25. The van der Waals surface area contributed by atoms with Gasteiger partial charge in [-0.1, -0.05) is 18.2 Å². The van der Waals surface area contributed by atoms with Gasteiger partial charge in [0.2, 0.25) is 0 Å². The van der Waals surface area contributed by atoms with Crippen LogP contribution in [0, 0.1) is 10.1 Å². The average molecular weight is 250 g/mol. The van der Waals surface area contributed by atoms with Crippen LogP contribution in [0.3, 0.4) is 0 Å². The topological polar surface area (TPSA) is 64.4 Å². The van der Waals surface area contributed by atoms with Crippen LogP contribution in [0.25, 0.3) is 0 Å². The molecular formula is C13H18N2O3. The molecule has 0 radical (unpaired) electrons. The molecule has 2 rings (SSSR count). The predicted octanol–water partition coefficient (Wildman–Crippen LogP) is 2.42. The molecule has 2 atom stereocenters. The number of para-hydroxylation sites is 1. The van der Waals surface area contributed by atoms with E-state index < -0.39 is 0 Å². The summed E-state index contributed by atoms with van der Waals surface area (Å²) in [4.78, 5) is 10.6. The molecular weight excluding hydrogens is 232 g/mol. The molecule has 98 valence electrons. The van der Waals surface area contributed by atoms with Gasteiger partial charge in [0.05, 0.1) is 11.5 Å². The maximum Gasteiger partial charge on any atom is 0.274 e. The summed E-state index contributed by atoms with van der Waals surface area (Å²) in [5.41, 5.74) is 0.905. The van der Waals surface area contributed by atoms with Crippen molar-refractivity contribution in [1.82, 2.24) is 5.32 Å². The van der Waals surface area contributed by atoms with Gasteiger partial charge in [-0.3, -0.25) is 10.1 Å². The second-order valence-corrected chi connectivity index (χ2v) is 4.62. The van der Waals surface area contributed by atoms with E-state index in [2.05, 4.69) is 5.32 Å². The van der Waals surface area contributed by atoms with Gasteiger partial charge in [-0.25, -0.2) is 0 Å². The van der Waals surface area contributed by atoms with E-state index in [4.69, 9.17) is 4.74 Å². The van der Waals surface area contributed by atoms with E-state index in [0.717, 1.165) is 25.0 Å². The number of hydrogen-bond donors (Lipinski definition) is 1. The van der Waals surface area contributed by atoms with Crippen molar-refractivity contribution in [1.29, 1.82) is 0 Å². The first kappa shape index (κ1) is 13.0. The minimum atomic E-state index is -0.328. The number of nitro groups is 1. The fourth-order valence-corrected chi connectivity index (χ4v) is 2.34. The highest BCUT2D eigenvalue weighted by Crippen LogP contribution is 2.25. The molecule has 0 aromatic heterocycles. The van der Waals surface area contributed by atoms with E-state index >= 15 is 0 Å². The van der Waals surface area contributed by atoms with Crippen molar-refractivity contribution in [3.63, 3.8) is 0 Å². The Balaban J connectivity index is 2.08. The van der Waals surface area contributed by atoms with Gasteiger partial charge in [0, 0.05) is 30.3 Å². The van der Waals surface area contributed by atoms with Crippen molar-refractivity contribution >= 4 is 5.69 Å². The van der Waals surface area contributed by atoms with E-state index in [-0.39, 0.29) is 22.7 Å². The Bertz CT molecular complexity index is 416. The summed E-state index contributed by atoms with van der Waals surface area (Å²) in [7, 11) is 0. The van der Waals surface area contributed by atoms with Crippen LogP contribution in [0.2, 0.25) is 0 Å². The van der Waals surface area contributed by atoms with Gasteiger partial charge in [-0.2, -0.15) is 0 Å². The van der Waals surface area contributed by atoms with Crippen LogP contribution in [0.5, 0.6) is 0 Å². The fraction of sp³-hybridized carbons (Fsp3) is 0.538. The Hall–Kier alpha value is -1.46. The summed E-state index contributed by atoms with van der Waals surface area (Å²) < 4.78 is 5.40. The summed E-state index contributed by atoms with van der Waals surface area (Å²) in [6.45, 7) is 3.46. The normalized spacial score (nSPS) is 21.5. The molecule has 0 bridgehead atoms. The van der Waals surface area contributed by atoms with Crippen LogP contribution in [0.4, 0.5) is 5.69 Å². The lowest BCUT2D eigenvalue weighted by Crippen LogP contribution is -2.38. The van der Waals surface area contributed by atoms with Crippen molar-refractivity contribution in [3.05, 3.63) is 39.9 Å². The van der Waals surface area contributed by atoms with Gasteiger partial charge in [-0.05, 0) is 19.8 Å². The fourth-order valence-electron chi connectivity index (χ4n) is 2.34. The molecule has 5 nitrogen and oxygen atoms in total. The highest BCUT2D eigenvalue weighted by atomic mass is 16.6. The van der Waals surface area contributed by atoms with Gasteiger partial charge in [0.15, 0.2) is 0 Å². The summed E-state index contributed by atoms with van der Waals surface area (Å²) in [5, 5.41) is 14.4. The van der Waals surface area contributed by atoms with E-state index in [0.29, 0.717) is 6.61 Å². The SMILES string of the molecule is CC(NC1CCCOC1)c1ccccc1[N+](=O)[O-]. The second-order valence-electron chi connectivity index (χ2n) is 4.62. The van der Waals surface area contributed by atoms with Crippen LogP contribution >= 0.6 is 0 Å². The maximum atomic E-state index is 11.0. The number of nitro benzene ring substituents is 1. The minimum Gasteiger partial charge on any atom is -0.380 e. The van der Waals surface area contributed by atoms with Crippen LogP contribution < -0.4 is 5.32 Å². The molecule has 1 aliphatic rings. The summed E-state index contributed by atoms with van der Waals surface area (Å²) in [6, 6.07) is 7.12. The van der Waals surface area contributed by atoms with Crippen molar-refractivity contribution in [2.75, 3.05) is 13.2 Å². The molecule has 1 aliphatic heterocycles. The molecule has 2 unspecified atom stereocenters. The molecule has 1 aromatic rings. The quantitative estimate of drug-likeness (QED) is 0.658. The first-order chi connectivity index (χ1) is 8.68.